The van der Waals surface area contributed by atoms with Crippen LogP contribution in [0.3, 0.4) is 0 Å². The number of H-pyrrole nitrogens is 1. The third-order valence-electron chi connectivity index (χ3n) is 3.27. The Bertz CT molecular complexity index is 546. The highest BCUT2D eigenvalue weighted by molar-refractivity contribution is 5.83. The van der Waals surface area contributed by atoms with Gasteiger partial charge >= 0.3 is 6.03 Å². The van der Waals surface area contributed by atoms with Crippen LogP contribution in [0, 0.1) is 0 Å². The molecule has 0 radical (unpaired) electrons. The summed E-state index contributed by atoms with van der Waals surface area (Å²) in [5.41, 5.74) is 2.44. The molecule has 1 aromatic heterocycles. The van der Waals surface area contributed by atoms with Crippen molar-refractivity contribution in [2.75, 3.05) is 19.6 Å². The number of fused-ring (bicyclic) bond motifs is 1. The van der Waals surface area contributed by atoms with Crippen molar-refractivity contribution >= 4 is 16.9 Å². The molecule has 0 saturated carbocycles. The quantitative estimate of drug-likeness (QED) is 0.827. The van der Waals surface area contributed by atoms with Gasteiger partial charge in [-0.05, 0) is 18.1 Å². The molecular formula is C13H15N3O. The summed E-state index contributed by atoms with van der Waals surface area (Å²) in [5.74, 6) is 0. The van der Waals surface area contributed by atoms with Gasteiger partial charge in [0.05, 0.1) is 0 Å². The van der Waals surface area contributed by atoms with Gasteiger partial charge in [0.15, 0.2) is 0 Å². The van der Waals surface area contributed by atoms with Gasteiger partial charge < -0.3 is 15.2 Å². The summed E-state index contributed by atoms with van der Waals surface area (Å²) in [4.78, 5) is 16.5. The predicted octanol–water partition coefficient (Wildman–Crippen LogP) is 1.74. The SMILES string of the molecule is O=C1NCCN1CCc1c[nH]c2ccccc12. The zero-order valence-electron chi connectivity index (χ0n) is 9.57. The Labute approximate surface area is 99.6 Å². The fraction of sp³-hybridized carbons (Fsp3) is 0.308. The number of para-hydroxylation sites is 1. The average Bonchev–Trinajstić information content (AvgIpc) is 2.93. The fourth-order valence-electron chi connectivity index (χ4n) is 2.32. The highest BCUT2D eigenvalue weighted by Gasteiger charge is 2.18. The predicted molar refractivity (Wildman–Crippen MR) is 67.0 cm³/mol. The molecule has 0 atom stereocenters. The van der Waals surface area contributed by atoms with E-state index in [9.17, 15) is 4.79 Å². The minimum atomic E-state index is 0.0600. The Morgan fingerprint density at radius 3 is 3.00 bits per heavy atom. The van der Waals surface area contributed by atoms with Gasteiger partial charge in [-0.2, -0.15) is 0 Å². The lowest BCUT2D eigenvalue weighted by atomic mass is 10.1. The molecular weight excluding hydrogens is 214 g/mol. The van der Waals surface area contributed by atoms with Crippen molar-refractivity contribution < 1.29 is 4.79 Å². The van der Waals surface area contributed by atoms with Crippen LogP contribution < -0.4 is 5.32 Å². The van der Waals surface area contributed by atoms with Crippen LogP contribution in [-0.4, -0.2) is 35.5 Å². The van der Waals surface area contributed by atoms with E-state index >= 15 is 0 Å². The zero-order chi connectivity index (χ0) is 11.7. The number of rotatable bonds is 3. The van der Waals surface area contributed by atoms with Crippen molar-refractivity contribution in [3.63, 3.8) is 0 Å². The van der Waals surface area contributed by atoms with Crippen LogP contribution in [0.2, 0.25) is 0 Å². The van der Waals surface area contributed by atoms with Gasteiger partial charge in [0.2, 0.25) is 0 Å². The number of hydrogen-bond donors (Lipinski definition) is 2. The van der Waals surface area contributed by atoms with Gasteiger partial charge in [0.1, 0.15) is 0 Å². The smallest absolute Gasteiger partial charge is 0.317 e. The molecule has 1 aliphatic rings. The summed E-state index contributed by atoms with van der Waals surface area (Å²) in [7, 11) is 0. The lowest BCUT2D eigenvalue weighted by Crippen LogP contribution is -2.29. The molecule has 0 unspecified atom stereocenters. The monoisotopic (exact) mass is 229 g/mol. The van der Waals surface area contributed by atoms with Crippen LogP contribution in [0.1, 0.15) is 5.56 Å². The maximum Gasteiger partial charge on any atom is 0.317 e. The van der Waals surface area contributed by atoms with Crippen molar-refractivity contribution in [3.8, 4) is 0 Å². The van der Waals surface area contributed by atoms with Gasteiger partial charge in [0, 0.05) is 36.7 Å². The molecule has 4 heteroatoms. The normalized spacial score (nSPS) is 15.5. The summed E-state index contributed by atoms with van der Waals surface area (Å²) < 4.78 is 0. The van der Waals surface area contributed by atoms with Crippen LogP contribution in [0.4, 0.5) is 4.79 Å². The Morgan fingerprint density at radius 1 is 1.29 bits per heavy atom. The van der Waals surface area contributed by atoms with Crippen molar-refractivity contribution in [1.82, 2.24) is 15.2 Å². The van der Waals surface area contributed by atoms with Gasteiger partial charge in [-0.15, -0.1) is 0 Å². The zero-order valence-corrected chi connectivity index (χ0v) is 9.57. The molecule has 1 aromatic carbocycles. The van der Waals surface area contributed by atoms with Crippen molar-refractivity contribution in [1.29, 1.82) is 0 Å². The van der Waals surface area contributed by atoms with Gasteiger partial charge in [0.25, 0.3) is 0 Å². The van der Waals surface area contributed by atoms with Crippen molar-refractivity contribution in [2.45, 2.75) is 6.42 Å². The first-order valence-electron chi connectivity index (χ1n) is 5.92. The van der Waals surface area contributed by atoms with E-state index in [1.165, 1.54) is 10.9 Å². The van der Waals surface area contributed by atoms with Crippen molar-refractivity contribution in [3.05, 3.63) is 36.0 Å². The van der Waals surface area contributed by atoms with Crippen LogP contribution in [-0.2, 0) is 6.42 Å². The molecule has 4 nitrogen and oxygen atoms in total. The summed E-state index contributed by atoms with van der Waals surface area (Å²) in [5, 5.41) is 4.07. The maximum atomic E-state index is 11.4. The van der Waals surface area contributed by atoms with E-state index in [0.717, 1.165) is 31.6 Å². The third-order valence-corrected chi connectivity index (χ3v) is 3.27. The molecule has 0 bridgehead atoms. The van der Waals surface area contributed by atoms with Crippen LogP contribution in [0.25, 0.3) is 10.9 Å². The number of aromatic amines is 1. The lowest BCUT2D eigenvalue weighted by molar-refractivity contribution is 0.218. The van der Waals surface area contributed by atoms with Crippen LogP contribution in [0.5, 0.6) is 0 Å². The third kappa shape index (κ3) is 1.86. The first-order chi connectivity index (χ1) is 8.34. The van der Waals surface area contributed by atoms with E-state index in [4.69, 9.17) is 0 Å². The number of nitrogens with zero attached hydrogens (tertiary/aromatic N) is 1. The van der Waals surface area contributed by atoms with E-state index in [1.807, 2.05) is 23.2 Å². The van der Waals surface area contributed by atoms with E-state index in [1.54, 1.807) is 0 Å². The number of hydrogen-bond acceptors (Lipinski definition) is 1. The van der Waals surface area contributed by atoms with Gasteiger partial charge in [-0.25, -0.2) is 4.79 Å². The number of carbonyl (C=O) groups excluding carboxylic acids is 1. The Kier molecular flexibility index (Phi) is 2.48. The molecule has 0 spiro atoms. The van der Waals surface area contributed by atoms with Crippen LogP contribution in [0.15, 0.2) is 30.5 Å². The first-order valence-corrected chi connectivity index (χ1v) is 5.92. The standard InChI is InChI=1S/C13H15N3O/c17-13-14-6-8-16(13)7-5-10-9-15-12-4-2-1-3-11(10)12/h1-4,9,15H,5-8H2,(H,14,17). The summed E-state index contributed by atoms with van der Waals surface area (Å²) in [6, 6.07) is 8.32. The number of carbonyl (C=O) groups is 1. The Hall–Kier alpha value is -1.97. The number of benzene rings is 1. The summed E-state index contributed by atoms with van der Waals surface area (Å²) >= 11 is 0. The van der Waals surface area contributed by atoms with Gasteiger partial charge in [-0.1, -0.05) is 18.2 Å². The summed E-state index contributed by atoms with van der Waals surface area (Å²) in [6.45, 7) is 2.38. The first kappa shape index (κ1) is 10.2. The van der Waals surface area contributed by atoms with Gasteiger partial charge in [-0.3, -0.25) is 0 Å². The molecule has 88 valence electrons. The van der Waals surface area contributed by atoms with E-state index in [2.05, 4.69) is 22.4 Å². The molecule has 17 heavy (non-hydrogen) atoms. The fourth-order valence-corrected chi connectivity index (χ4v) is 2.32. The molecule has 1 saturated heterocycles. The molecule has 0 aliphatic carbocycles. The largest absolute Gasteiger partial charge is 0.361 e. The second-order valence-corrected chi connectivity index (χ2v) is 4.33. The Balaban J connectivity index is 1.74. The second kappa shape index (κ2) is 4.13. The van der Waals surface area contributed by atoms with E-state index in [-0.39, 0.29) is 6.03 Å². The molecule has 2 N–H and O–H groups in total. The highest BCUT2D eigenvalue weighted by Crippen LogP contribution is 2.18. The molecule has 3 rings (SSSR count). The topological polar surface area (TPSA) is 48.1 Å². The highest BCUT2D eigenvalue weighted by atomic mass is 16.2. The van der Waals surface area contributed by atoms with Crippen LogP contribution >= 0.6 is 0 Å². The van der Waals surface area contributed by atoms with E-state index < -0.39 is 0 Å². The lowest BCUT2D eigenvalue weighted by Gasteiger charge is -2.13. The number of aromatic nitrogens is 1. The molecule has 2 amide bonds. The Morgan fingerprint density at radius 2 is 2.18 bits per heavy atom. The molecule has 2 heterocycles. The molecule has 1 fully saturated rings. The van der Waals surface area contributed by atoms with E-state index in [0.29, 0.717) is 0 Å². The van der Waals surface area contributed by atoms with Crippen molar-refractivity contribution in [2.24, 2.45) is 0 Å². The maximum absolute atomic E-state index is 11.4. The minimum absolute atomic E-state index is 0.0600. The number of urea groups is 1. The number of amides is 2. The second-order valence-electron chi connectivity index (χ2n) is 4.33. The average molecular weight is 229 g/mol. The molecule has 1 aliphatic heterocycles. The molecule has 2 aromatic rings. The summed E-state index contributed by atoms with van der Waals surface area (Å²) in [6.07, 6.45) is 2.94. The minimum Gasteiger partial charge on any atom is -0.361 e. The number of nitrogens with one attached hydrogen (secondary N) is 2.